The van der Waals surface area contributed by atoms with Crippen LogP contribution in [0.3, 0.4) is 0 Å². The largest absolute Gasteiger partial charge is 0.391 e. The first kappa shape index (κ1) is 82.0. The van der Waals surface area contributed by atoms with Crippen molar-refractivity contribution >= 4 is 70.9 Å². The first-order valence-corrected chi connectivity index (χ1v) is 33.3. The number of aliphatic hydroxyl groups is 2. The number of nitrogens with one attached hydrogen (secondary N) is 12. The highest BCUT2D eigenvalue weighted by Crippen LogP contribution is 2.14. The fraction of sp³-hybridized carbons (Fsp3) is 0.631. The topological polar surface area (TPSA) is 520 Å². The highest BCUT2D eigenvalue weighted by molar-refractivity contribution is 6.00. The van der Waals surface area contributed by atoms with Crippen molar-refractivity contribution in [3.8, 4) is 0 Å². The van der Waals surface area contributed by atoms with Crippen LogP contribution >= 0.6 is 0 Å². The van der Waals surface area contributed by atoms with E-state index in [2.05, 4.69) is 70.7 Å². The van der Waals surface area contributed by atoms with E-state index in [1.165, 1.54) is 6.92 Å². The minimum absolute atomic E-state index is 0.0266. The summed E-state index contributed by atoms with van der Waals surface area (Å²) in [5.41, 5.74) is 28.1. The molecule has 536 valence electrons. The van der Waals surface area contributed by atoms with Crippen molar-refractivity contribution < 1.29 is 67.7 Å². The van der Waals surface area contributed by atoms with Gasteiger partial charge < -0.3 is 103 Å². The van der Waals surface area contributed by atoms with Crippen LogP contribution in [0.4, 0.5) is 0 Å². The Bertz CT molecular complexity index is 2820. The van der Waals surface area contributed by atoms with Crippen LogP contribution in [0.5, 0.6) is 0 Å². The van der Waals surface area contributed by atoms with E-state index >= 15 is 0 Å². The Kier molecular flexibility index (Phi) is 37.4. The van der Waals surface area contributed by atoms with Crippen LogP contribution in [0, 0.1) is 5.92 Å². The van der Waals surface area contributed by atoms with E-state index in [0.29, 0.717) is 17.5 Å². The van der Waals surface area contributed by atoms with Gasteiger partial charge >= 0.3 is 0 Å². The zero-order chi connectivity index (χ0) is 71.3. The molecule has 2 aromatic rings. The quantitative estimate of drug-likeness (QED) is 0.0297. The Morgan fingerprint density at radius 1 is 0.542 bits per heavy atom. The highest BCUT2D eigenvalue weighted by atomic mass is 16.3. The molecule has 2 aromatic carbocycles. The number of rotatable bonds is 34. The molecule has 0 spiro atoms. The van der Waals surface area contributed by atoms with Gasteiger partial charge in [0, 0.05) is 25.8 Å². The average Bonchev–Trinajstić information content (AvgIpc) is 0.956. The van der Waals surface area contributed by atoms with Crippen LogP contribution in [0.1, 0.15) is 142 Å². The van der Waals surface area contributed by atoms with E-state index in [1.807, 2.05) is 0 Å². The molecule has 3 rings (SSSR count). The lowest BCUT2D eigenvalue weighted by Gasteiger charge is -2.29. The number of hydrogen-bond donors (Lipinski definition) is 19. The highest BCUT2D eigenvalue weighted by Gasteiger charge is 2.39. The Labute approximate surface area is 562 Å². The maximum Gasteiger partial charge on any atom is 0.272 e. The molecule has 31 nitrogen and oxygen atoms in total. The molecule has 24 N–H and O–H groups in total. The number of carbonyl (C=O) groups excluding carboxylic acids is 12. The third-order valence-corrected chi connectivity index (χ3v) is 15.9. The van der Waals surface area contributed by atoms with Crippen LogP contribution < -0.4 is 92.5 Å². The normalized spacial score (nSPS) is 21.9. The molecule has 1 aliphatic rings. The first-order valence-electron chi connectivity index (χ1n) is 33.3. The second-order valence-electron chi connectivity index (χ2n) is 24.7. The molecule has 31 heteroatoms. The Morgan fingerprint density at radius 3 is 1.53 bits per heavy atom. The van der Waals surface area contributed by atoms with Crippen molar-refractivity contribution in [2.24, 2.45) is 34.6 Å². The molecule has 0 unspecified atom stereocenters. The maximum absolute atomic E-state index is 14.6. The van der Waals surface area contributed by atoms with Crippen LogP contribution in [0.2, 0.25) is 0 Å². The summed E-state index contributed by atoms with van der Waals surface area (Å²) in [5.74, 6) is -11.4. The van der Waals surface area contributed by atoms with Crippen molar-refractivity contribution in [1.82, 2.24) is 63.8 Å². The van der Waals surface area contributed by atoms with Crippen LogP contribution in [-0.2, 0) is 70.4 Å². The van der Waals surface area contributed by atoms with Crippen molar-refractivity contribution in [2.45, 2.75) is 216 Å². The molecule has 0 aliphatic carbocycles. The minimum atomic E-state index is -2.73. The molecule has 96 heavy (non-hydrogen) atoms. The van der Waals surface area contributed by atoms with Gasteiger partial charge in [0.15, 0.2) is 0 Å². The van der Waals surface area contributed by atoms with E-state index < -0.39 is 150 Å². The van der Waals surface area contributed by atoms with Gasteiger partial charge in [-0.2, -0.15) is 0 Å². The van der Waals surface area contributed by atoms with Gasteiger partial charge in [0.25, 0.3) is 5.91 Å². The predicted octanol–water partition coefficient (Wildman–Crippen LogP) is -4.02. The zero-order valence-corrected chi connectivity index (χ0v) is 56.1. The summed E-state index contributed by atoms with van der Waals surface area (Å²) in [6.45, 7) is 6.27. The van der Waals surface area contributed by atoms with Crippen LogP contribution in [-0.4, -0.2) is 193 Å². The number of benzene rings is 2. The molecular formula is C65H107N17O14. The van der Waals surface area contributed by atoms with Gasteiger partial charge in [0.1, 0.15) is 60.4 Å². The van der Waals surface area contributed by atoms with Gasteiger partial charge in [-0.25, -0.2) is 0 Å². The zero-order valence-electron chi connectivity index (χ0n) is 56.1. The number of hydrogen-bond acceptors (Lipinski definition) is 19. The number of carbonyl (C=O) groups is 12. The summed E-state index contributed by atoms with van der Waals surface area (Å²) < 4.78 is 0. The van der Waals surface area contributed by atoms with Gasteiger partial charge in [-0.15, -0.1) is 0 Å². The first-order chi connectivity index (χ1) is 45.7. The molecule has 1 aliphatic heterocycles. The van der Waals surface area contributed by atoms with Crippen molar-refractivity contribution in [3.05, 3.63) is 71.8 Å². The van der Waals surface area contributed by atoms with E-state index in [4.69, 9.17) is 28.7 Å². The molecular weight excluding hydrogens is 1240 g/mol. The molecule has 12 atom stereocenters. The lowest BCUT2D eigenvalue weighted by atomic mass is 10.00. The van der Waals surface area contributed by atoms with Gasteiger partial charge in [-0.1, -0.05) is 120 Å². The third-order valence-electron chi connectivity index (χ3n) is 15.9. The molecule has 12 amide bonds. The monoisotopic (exact) mass is 1350 g/mol. The van der Waals surface area contributed by atoms with Crippen molar-refractivity contribution in [1.29, 1.82) is 0 Å². The summed E-state index contributed by atoms with van der Waals surface area (Å²) in [4.78, 5) is 169. The minimum Gasteiger partial charge on any atom is -0.391 e. The molecule has 1 saturated heterocycles. The summed E-state index contributed by atoms with van der Waals surface area (Å²) in [6, 6.07) is 2.50. The Hall–Kier alpha value is -8.20. The Balaban J connectivity index is 2.02. The Morgan fingerprint density at radius 2 is 1.00 bits per heavy atom. The maximum atomic E-state index is 14.6. The predicted molar refractivity (Wildman–Crippen MR) is 358 cm³/mol. The molecule has 1 heterocycles. The molecule has 1 fully saturated rings. The standard InChI is InChI=1S/C65H107N17O14/c1-6-7-8-9-10-11-18-23-52(84)72-50(37-41-19-14-12-15-20-41)60(91)75-46(27-33-69)58(89)81-53(40(4)83)63(94)78-45(26-32-68)55(86)77-48-29-35-71-64(95)65(5,96)82-62(93)47(28-34-70)76-54(85)43(24-30-66)74-59(90)49(36-39(2)3)79-61(92)51(38-42-21-16-13-17-22-42)80-56(87)44(25-31-67)73-57(48)88/h12-17,19-22,39-40,43-51,53,83,96H,6-11,18,23-38,66-70H2,1-5H3,(H,71,95)(H,72,84)(H,73,88)(H,74,90)(H,75,91)(H,76,85)(H,77,86)(H,78,94)(H,79,92)(H,80,87)(H,81,89)(H,82,93)/t40-,43+,44+,45+,46+,47+,48+,49+,50+,51-,53+,65+/m1/s1. The van der Waals surface area contributed by atoms with E-state index in [1.54, 1.807) is 74.5 Å². The molecule has 0 bridgehead atoms. The van der Waals surface area contributed by atoms with Gasteiger partial charge in [0.05, 0.1) is 6.10 Å². The smallest absolute Gasteiger partial charge is 0.272 e. The number of amides is 12. The van der Waals surface area contributed by atoms with Crippen molar-refractivity contribution in [2.75, 3.05) is 39.3 Å². The van der Waals surface area contributed by atoms with E-state index in [9.17, 15) is 67.7 Å². The average molecular weight is 1350 g/mol. The number of nitrogens with two attached hydrogens (primary N) is 5. The molecule has 0 saturated carbocycles. The molecule has 0 radical (unpaired) electrons. The lowest BCUT2D eigenvalue weighted by Crippen LogP contribution is -2.63. The summed E-state index contributed by atoms with van der Waals surface area (Å²) in [6.07, 6.45) is 3.62. The SMILES string of the molecule is CCCCCCCCCC(=O)N[C@@H](Cc1ccccc1)C(=O)N[C@@H](CCN)C(=O)N[C@H](C(=O)N[C@@H](CCN)C(=O)N[C@H]1CCNC(=O)[C@](C)(O)NC(=O)[C@H](CCN)NC(=O)[C@H](CCN)NC(=O)[C@H](CC(C)C)NC(=O)[C@@H](Cc2ccccc2)NC(=O)[C@H](CCN)NC1=O)[C@@H](C)O. The molecule has 0 aromatic heterocycles. The van der Waals surface area contributed by atoms with E-state index in [0.717, 1.165) is 45.4 Å². The number of aliphatic hydroxyl groups excluding tert-OH is 1. The summed E-state index contributed by atoms with van der Waals surface area (Å²) in [7, 11) is 0. The third kappa shape index (κ3) is 29.4. The lowest BCUT2D eigenvalue weighted by molar-refractivity contribution is -0.148. The second-order valence-corrected chi connectivity index (χ2v) is 24.7. The van der Waals surface area contributed by atoms with Gasteiger partial charge in [-0.3, -0.25) is 57.5 Å². The summed E-state index contributed by atoms with van der Waals surface area (Å²) >= 11 is 0. The van der Waals surface area contributed by atoms with E-state index in [-0.39, 0.29) is 102 Å². The second kappa shape index (κ2) is 43.8. The van der Waals surface area contributed by atoms with Crippen molar-refractivity contribution in [3.63, 3.8) is 0 Å². The van der Waals surface area contributed by atoms with Gasteiger partial charge in [-0.05, 0) is 115 Å². The summed E-state index contributed by atoms with van der Waals surface area (Å²) in [5, 5.41) is 52.8. The fourth-order valence-electron chi connectivity index (χ4n) is 10.5. The van der Waals surface area contributed by atoms with Crippen LogP contribution in [0.15, 0.2) is 60.7 Å². The van der Waals surface area contributed by atoms with Gasteiger partial charge in [0.2, 0.25) is 70.7 Å². The van der Waals surface area contributed by atoms with Crippen LogP contribution in [0.25, 0.3) is 0 Å². The fourth-order valence-corrected chi connectivity index (χ4v) is 10.5. The number of unbranched alkanes of at least 4 members (excludes halogenated alkanes) is 6.